The number of esters is 1. The number of ketones is 1. The molecule has 0 fully saturated rings. The van der Waals surface area contributed by atoms with Crippen molar-refractivity contribution in [2.24, 2.45) is 0 Å². The van der Waals surface area contributed by atoms with Gasteiger partial charge in [-0.1, -0.05) is 42.5 Å². The lowest BCUT2D eigenvalue weighted by Crippen LogP contribution is -2.10. The van der Waals surface area contributed by atoms with E-state index in [2.05, 4.69) is 0 Å². The van der Waals surface area contributed by atoms with Crippen molar-refractivity contribution >= 4 is 17.3 Å². The molecule has 0 bridgehead atoms. The van der Waals surface area contributed by atoms with Gasteiger partial charge in [0.25, 0.3) is 0 Å². The van der Waals surface area contributed by atoms with Gasteiger partial charge in [-0.2, -0.15) is 13.2 Å². The number of benzene rings is 2. The molecule has 0 saturated heterocycles. The summed E-state index contributed by atoms with van der Waals surface area (Å²) in [5.74, 6) is -1.33. The highest BCUT2D eigenvalue weighted by molar-refractivity contribution is 6.29. The zero-order chi connectivity index (χ0) is 18.4. The fourth-order valence-corrected chi connectivity index (χ4v) is 2.19. The van der Waals surface area contributed by atoms with Gasteiger partial charge in [-0.25, -0.2) is 4.79 Å². The molecule has 2 aromatic carbocycles. The summed E-state index contributed by atoms with van der Waals surface area (Å²) in [6.07, 6.45) is -4.68. The molecule has 130 valence electrons. The maximum absolute atomic E-state index is 12.9. The lowest BCUT2D eigenvalue weighted by atomic mass is 9.95. The van der Waals surface area contributed by atoms with Crippen molar-refractivity contribution in [1.82, 2.24) is 0 Å². The third-order valence-electron chi connectivity index (χ3n) is 3.30. The van der Waals surface area contributed by atoms with Crippen molar-refractivity contribution < 1.29 is 27.5 Å². The molecule has 0 unspecified atom stereocenters. The van der Waals surface area contributed by atoms with Crippen molar-refractivity contribution in [3.05, 3.63) is 77.4 Å². The van der Waals surface area contributed by atoms with Gasteiger partial charge in [0.1, 0.15) is 0 Å². The Morgan fingerprint density at radius 1 is 0.920 bits per heavy atom. The number of Topliss-reactive ketones (excluding diaryl/α,β-unsaturated/α-hetero) is 1. The van der Waals surface area contributed by atoms with E-state index in [0.717, 1.165) is 0 Å². The molecule has 0 aliphatic rings. The Balaban J connectivity index is 2.42. The molecule has 25 heavy (non-hydrogen) atoms. The first kappa shape index (κ1) is 18.4. The number of rotatable bonds is 5. The number of alkyl halides is 3. The molecule has 0 aromatic heterocycles. The van der Waals surface area contributed by atoms with Crippen molar-refractivity contribution in [2.45, 2.75) is 13.1 Å². The lowest BCUT2D eigenvalue weighted by Gasteiger charge is -2.10. The predicted octanol–water partition coefficient (Wildman–Crippen LogP) is 4.69. The molecular formula is C19H15F3O3. The minimum atomic E-state index is -4.65. The predicted molar refractivity (Wildman–Crippen MR) is 87.2 cm³/mol. The quantitative estimate of drug-likeness (QED) is 0.447. The minimum Gasteiger partial charge on any atom is -0.462 e. The first-order chi connectivity index (χ1) is 11.8. The number of allylic oxidation sites excluding steroid dienone is 2. The molecule has 0 aliphatic heterocycles. The summed E-state index contributed by atoms with van der Waals surface area (Å²) in [5.41, 5.74) is -0.0788. The van der Waals surface area contributed by atoms with Gasteiger partial charge >= 0.3 is 12.1 Å². The summed E-state index contributed by atoms with van der Waals surface area (Å²) in [5, 5.41) is 0. The Morgan fingerprint density at radius 2 is 1.48 bits per heavy atom. The van der Waals surface area contributed by atoms with Crippen LogP contribution in [0.4, 0.5) is 13.2 Å². The van der Waals surface area contributed by atoms with Crippen molar-refractivity contribution in [2.75, 3.05) is 6.61 Å². The molecule has 0 spiro atoms. The Morgan fingerprint density at radius 3 is 2.00 bits per heavy atom. The fourth-order valence-electron chi connectivity index (χ4n) is 2.19. The summed E-state index contributed by atoms with van der Waals surface area (Å²) in [4.78, 5) is 24.1. The summed E-state index contributed by atoms with van der Waals surface area (Å²) >= 11 is 0. The third kappa shape index (κ3) is 5.04. The highest BCUT2D eigenvalue weighted by Crippen LogP contribution is 2.27. The standard InChI is InChI=1S/C19H15F3O3/c1-2-25-18(24)15-10-8-13(9-11-15)16(12-19(20,21)22)17(23)14-6-4-3-5-7-14/h3-12H,2H2,1H3/b16-12-. The van der Waals surface area contributed by atoms with E-state index in [4.69, 9.17) is 4.74 Å². The molecule has 0 radical (unpaired) electrons. The zero-order valence-corrected chi connectivity index (χ0v) is 13.3. The fraction of sp³-hybridized carbons (Fsp3) is 0.158. The van der Waals surface area contributed by atoms with E-state index in [9.17, 15) is 22.8 Å². The van der Waals surface area contributed by atoms with Crippen LogP contribution in [0.5, 0.6) is 0 Å². The van der Waals surface area contributed by atoms with Gasteiger partial charge in [-0.05, 0) is 24.6 Å². The van der Waals surface area contributed by atoms with Crippen molar-refractivity contribution in [1.29, 1.82) is 0 Å². The molecule has 2 aromatic rings. The number of halogens is 3. The van der Waals surface area contributed by atoms with Crippen molar-refractivity contribution in [3.8, 4) is 0 Å². The number of carbonyl (C=O) groups excluding carboxylic acids is 2. The lowest BCUT2D eigenvalue weighted by molar-refractivity contribution is -0.0793. The molecule has 0 amide bonds. The normalized spacial score (nSPS) is 11.9. The molecule has 0 saturated carbocycles. The smallest absolute Gasteiger partial charge is 0.410 e. The molecule has 3 nitrogen and oxygen atoms in total. The van der Waals surface area contributed by atoms with Crippen LogP contribution in [0.1, 0.15) is 33.2 Å². The molecular weight excluding hydrogens is 333 g/mol. The summed E-state index contributed by atoms with van der Waals surface area (Å²) in [6.45, 7) is 1.83. The zero-order valence-electron chi connectivity index (χ0n) is 13.3. The van der Waals surface area contributed by atoms with Crippen LogP contribution >= 0.6 is 0 Å². The van der Waals surface area contributed by atoms with Gasteiger partial charge in [0.15, 0.2) is 5.78 Å². The van der Waals surface area contributed by atoms with Crippen molar-refractivity contribution in [3.63, 3.8) is 0 Å². The van der Waals surface area contributed by atoms with Gasteiger partial charge in [0.2, 0.25) is 0 Å². The van der Waals surface area contributed by atoms with Gasteiger partial charge in [-0.3, -0.25) is 4.79 Å². The average Bonchev–Trinajstić information content (AvgIpc) is 2.59. The van der Waals surface area contributed by atoms with Crippen LogP contribution < -0.4 is 0 Å². The second-order valence-electron chi connectivity index (χ2n) is 5.09. The maximum atomic E-state index is 12.9. The van der Waals surface area contributed by atoms with E-state index in [-0.39, 0.29) is 29.4 Å². The highest BCUT2D eigenvalue weighted by atomic mass is 19.4. The van der Waals surface area contributed by atoms with E-state index >= 15 is 0 Å². The molecule has 0 heterocycles. The van der Waals surface area contributed by atoms with Gasteiger partial charge in [-0.15, -0.1) is 0 Å². The number of carbonyl (C=O) groups is 2. The SMILES string of the molecule is CCOC(=O)c1ccc(/C(=C/C(F)(F)F)C(=O)c2ccccc2)cc1. The average molecular weight is 348 g/mol. The monoisotopic (exact) mass is 348 g/mol. The van der Waals surface area contributed by atoms with E-state index < -0.39 is 23.5 Å². The van der Waals surface area contributed by atoms with Gasteiger partial charge in [0.05, 0.1) is 12.2 Å². The van der Waals surface area contributed by atoms with Crippen LogP contribution in [0.15, 0.2) is 60.7 Å². The molecule has 6 heteroatoms. The largest absolute Gasteiger partial charge is 0.462 e. The number of hydrogen-bond donors (Lipinski definition) is 0. The minimum absolute atomic E-state index is 0.0261. The third-order valence-corrected chi connectivity index (χ3v) is 3.30. The van der Waals surface area contributed by atoms with Crippen LogP contribution in [0, 0.1) is 0 Å². The second-order valence-corrected chi connectivity index (χ2v) is 5.09. The summed E-state index contributed by atoms with van der Waals surface area (Å²) in [6, 6.07) is 12.9. The Bertz CT molecular complexity index is 776. The van der Waals surface area contributed by atoms with E-state index in [1.807, 2.05) is 0 Å². The van der Waals surface area contributed by atoms with Crippen LogP contribution in [-0.2, 0) is 4.74 Å². The number of hydrogen-bond acceptors (Lipinski definition) is 3. The number of ether oxygens (including phenoxy) is 1. The Labute approximate surface area is 142 Å². The summed E-state index contributed by atoms with van der Waals surface area (Å²) < 4.78 is 43.4. The van der Waals surface area contributed by atoms with E-state index in [0.29, 0.717) is 0 Å². The van der Waals surface area contributed by atoms with Crippen LogP contribution in [0.3, 0.4) is 0 Å². The first-order valence-electron chi connectivity index (χ1n) is 7.48. The topological polar surface area (TPSA) is 43.4 Å². The second kappa shape index (κ2) is 7.79. The maximum Gasteiger partial charge on any atom is 0.410 e. The molecule has 0 atom stereocenters. The van der Waals surface area contributed by atoms with E-state index in [1.165, 1.54) is 36.4 Å². The van der Waals surface area contributed by atoms with Gasteiger partial charge < -0.3 is 4.74 Å². The molecule has 2 rings (SSSR count). The Hall–Kier alpha value is -2.89. The van der Waals surface area contributed by atoms with Gasteiger partial charge in [0, 0.05) is 17.2 Å². The first-order valence-corrected chi connectivity index (χ1v) is 7.48. The van der Waals surface area contributed by atoms with Crippen LogP contribution in [0.25, 0.3) is 5.57 Å². The molecule has 0 aliphatic carbocycles. The summed E-state index contributed by atoms with van der Waals surface area (Å²) in [7, 11) is 0. The highest BCUT2D eigenvalue weighted by Gasteiger charge is 2.28. The van der Waals surface area contributed by atoms with E-state index in [1.54, 1.807) is 25.1 Å². The molecule has 0 N–H and O–H groups in total. The van der Waals surface area contributed by atoms with Crippen LogP contribution in [-0.4, -0.2) is 24.5 Å². The van der Waals surface area contributed by atoms with Crippen LogP contribution in [0.2, 0.25) is 0 Å². The Kier molecular flexibility index (Phi) is 5.75.